The van der Waals surface area contributed by atoms with Crippen molar-refractivity contribution in [2.24, 2.45) is 11.7 Å². The molecule has 0 aliphatic heterocycles. The lowest BCUT2D eigenvalue weighted by Gasteiger charge is -2.28. The van der Waals surface area contributed by atoms with E-state index in [0.29, 0.717) is 17.6 Å². The average Bonchev–Trinajstić information content (AvgIpc) is 3.32. The van der Waals surface area contributed by atoms with Crippen LogP contribution in [0.1, 0.15) is 26.2 Å². The monoisotopic (exact) mass is 321 g/mol. The zero-order valence-electron chi connectivity index (χ0n) is 13.7. The SMILES string of the molecule is CC(C1CC1)N(C)CC(=O)N(CCC(N)=O)c1ccc(F)cc1. The van der Waals surface area contributed by atoms with Crippen LogP contribution in [0.15, 0.2) is 24.3 Å². The summed E-state index contributed by atoms with van der Waals surface area (Å²) in [6.45, 7) is 2.58. The van der Waals surface area contributed by atoms with Crippen molar-refractivity contribution < 1.29 is 14.0 Å². The second-order valence-corrected chi connectivity index (χ2v) is 6.23. The average molecular weight is 321 g/mol. The number of carbonyl (C=O) groups excluding carboxylic acids is 2. The number of hydrogen-bond acceptors (Lipinski definition) is 3. The summed E-state index contributed by atoms with van der Waals surface area (Å²) in [5, 5.41) is 0. The molecule has 2 N–H and O–H groups in total. The smallest absolute Gasteiger partial charge is 0.241 e. The van der Waals surface area contributed by atoms with Crippen LogP contribution < -0.4 is 10.6 Å². The van der Waals surface area contributed by atoms with Crippen molar-refractivity contribution in [2.45, 2.75) is 32.2 Å². The lowest BCUT2D eigenvalue weighted by atomic mass is 10.2. The van der Waals surface area contributed by atoms with Crippen LogP contribution in [-0.4, -0.2) is 42.9 Å². The second kappa shape index (κ2) is 7.55. The van der Waals surface area contributed by atoms with Gasteiger partial charge in [0.05, 0.1) is 6.54 Å². The maximum absolute atomic E-state index is 13.1. The molecule has 6 heteroatoms. The number of nitrogens with two attached hydrogens (primary N) is 1. The molecule has 1 atom stereocenters. The van der Waals surface area contributed by atoms with Crippen molar-refractivity contribution in [3.8, 4) is 0 Å². The van der Waals surface area contributed by atoms with E-state index in [0.717, 1.165) is 0 Å². The maximum Gasteiger partial charge on any atom is 0.241 e. The Hall–Kier alpha value is -1.95. The number of amides is 2. The van der Waals surface area contributed by atoms with Crippen LogP contribution in [-0.2, 0) is 9.59 Å². The highest BCUT2D eigenvalue weighted by molar-refractivity contribution is 5.95. The van der Waals surface area contributed by atoms with Gasteiger partial charge in [0.25, 0.3) is 0 Å². The lowest BCUT2D eigenvalue weighted by Crippen LogP contribution is -2.43. The first-order chi connectivity index (χ1) is 10.9. The largest absolute Gasteiger partial charge is 0.370 e. The number of likely N-dealkylation sites (N-methyl/N-ethyl adjacent to an activating group) is 1. The molecule has 1 aliphatic rings. The van der Waals surface area contributed by atoms with Gasteiger partial charge in [0.15, 0.2) is 0 Å². The second-order valence-electron chi connectivity index (χ2n) is 6.23. The summed E-state index contributed by atoms with van der Waals surface area (Å²) < 4.78 is 13.1. The number of hydrogen-bond donors (Lipinski definition) is 1. The minimum atomic E-state index is -0.468. The molecule has 1 unspecified atom stereocenters. The van der Waals surface area contributed by atoms with Crippen LogP contribution in [0.3, 0.4) is 0 Å². The molecule has 126 valence electrons. The van der Waals surface area contributed by atoms with Gasteiger partial charge in [-0.2, -0.15) is 0 Å². The van der Waals surface area contributed by atoms with E-state index in [1.165, 1.54) is 29.9 Å². The van der Waals surface area contributed by atoms with Crippen LogP contribution in [0.2, 0.25) is 0 Å². The molecular formula is C17H24FN3O2. The van der Waals surface area contributed by atoms with Crippen LogP contribution in [0.25, 0.3) is 0 Å². The highest BCUT2D eigenvalue weighted by atomic mass is 19.1. The van der Waals surface area contributed by atoms with E-state index < -0.39 is 5.91 Å². The van der Waals surface area contributed by atoms with Crippen molar-refractivity contribution in [1.82, 2.24) is 4.90 Å². The van der Waals surface area contributed by atoms with Gasteiger partial charge >= 0.3 is 0 Å². The fraction of sp³-hybridized carbons (Fsp3) is 0.529. The minimum Gasteiger partial charge on any atom is -0.370 e. The van der Waals surface area contributed by atoms with Crippen molar-refractivity contribution in [3.05, 3.63) is 30.1 Å². The first-order valence-corrected chi connectivity index (χ1v) is 7.93. The zero-order chi connectivity index (χ0) is 17.0. The molecule has 0 aromatic heterocycles. The normalized spacial score (nSPS) is 15.5. The summed E-state index contributed by atoms with van der Waals surface area (Å²) in [4.78, 5) is 27.2. The Morgan fingerprint density at radius 3 is 2.43 bits per heavy atom. The first kappa shape index (κ1) is 17.4. The Bertz CT molecular complexity index is 557. The zero-order valence-corrected chi connectivity index (χ0v) is 13.7. The summed E-state index contributed by atoms with van der Waals surface area (Å²) >= 11 is 0. The summed E-state index contributed by atoms with van der Waals surface area (Å²) in [7, 11) is 1.93. The van der Waals surface area contributed by atoms with E-state index in [1.807, 2.05) is 11.9 Å². The van der Waals surface area contributed by atoms with Crippen LogP contribution in [0, 0.1) is 11.7 Å². The Labute approximate surface area is 136 Å². The van der Waals surface area contributed by atoms with E-state index in [-0.39, 0.29) is 31.2 Å². The third kappa shape index (κ3) is 5.03. The Morgan fingerprint density at radius 1 is 1.30 bits per heavy atom. The fourth-order valence-electron chi connectivity index (χ4n) is 2.62. The highest BCUT2D eigenvalue weighted by Crippen LogP contribution is 2.34. The predicted octanol–water partition coefficient (Wildman–Crippen LogP) is 1.76. The third-order valence-electron chi connectivity index (χ3n) is 4.41. The van der Waals surface area contributed by atoms with Gasteiger partial charge in [-0.3, -0.25) is 14.5 Å². The van der Waals surface area contributed by atoms with Gasteiger partial charge in [0.1, 0.15) is 5.82 Å². The van der Waals surface area contributed by atoms with Crippen molar-refractivity contribution in [3.63, 3.8) is 0 Å². The molecule has 1 fully saturated rings. The van der Waals surface area contributed by atoms with Gasteiger partial charge in [-0.15, -0.1) is 0 Å². The molecule has 1 aromatic carbocycles. The summed E-state index contributed by atoms with van der Waals surface area (Å²) in [5.41, 5.74) is 5.77. The molecule has 1 aromatic rings. The maximum atomic E-state index is 13.1. The molecule has 5 nitrogen and oxygen atoms in total. The summed E-state index contributed by atoms with van der Waals surface area (Å²) in [6, 6.07) is 6.04. The predicted molar refractivity (Wildman–Crippen MR) is 87.4 cm³/mol. The Morgan fingerprint density at radius 2 is 1.91 bits per heavy atom. The van der Waals surface area contributed by atoms with Gasteiger partial charge in [-0.1, -0.05) is 0 Å². The van der Waals surface area contributed by atoms with Gasteiger partial charge in [0.2, 0.25) is 11.8 Å². The van der Waals surface area contributed by atoms with E-state index in [9.17, 15) is 14.0 Å². The minimum absolute atomic E-state index is 0.0744. The van der Waals surface area contributed by atoms with Crippen LogP contribution in [0.5, 0.6) is 0 Å². The van der Waals surface area contributed by atoms with E-state index in [1.54, 1.807) is 12.1 Å². The number of benzene rings is 1. The molecule has 23 heavy (non-hydrogen) atoms. The van der Waals surface area contributed by atoms with Gasteiger partial charge in [0, 0.05) is 24.7 Å². The van der Waals surface area contributed by atoms with Crippen molar-refractivity contribution in [2.75, 3.05) is 25.0 Å². The molecule has 0 saturated heterocycles. The van der Waals surface area contributed by atoms with Crippen molar-refractivity contribution >= 4 is 17.5 Å². The number of primary amides is 1. The molecule has 2 rings (SSSR count). The van der Waals surface area contributed by atoms with Gasteiger partial charge in [-0.25, -0.2) is 4.39 Å². The van der Waals surface area contributed by atoms with Crippen LogP contribution >= 0.6 is 0 Å². The molecule has 2 amide bonds. The molecule has 0 heterocycles. The molecule has 0 radical (unpaired) electrons. The number of rotatable bonds is 8. The topological polar surface area (TPSA) is 66.6 Å². The molecule has 0 spiro atoms. The standard InChI is InChI=1S/C17H24FN3O2/c1-12(13-3-4-13)20(2)11-17(23)21(10-9-16(19)22)15-7-5-14(18)6-8-15/h5-8,12-13H,3-4,9-11H2,1-2H3,(H2,19,22). The number of anilines is 1. The van der Waals surface area contributed by atoms with Gasteiger partial charge in [-0.05, 0) is 57.0 Å². The van der Waals surface area contributed by atoms with E-state index >= 15 is 0 Å². The molecule has 0 bridgehead atoms. The highest BCUT2D eigenvalue weighted by Gasteiger charge is 2.31. The Balaban J connectivity index is 2.06. The lowest BCUT2D eigenvalue weighted by molar-refractivity contribution is -0.120. The molecular weight excluding hydrogens is 297 g/mol. The number of halogens is 1. The summed E-state index contributed by atoms with van der Waals surface area (Å²) in [6.07, 6.45) is 2.50. The first-order valence-electron chi connectivity index (χ1n) is 7.93. The molecule has 1 saturated carbocycles. The third-order valence-corrected chi connectivity index (χ3v) is 4.41. The summed E-state index contributed by atoms with van der Waals surface area (Å²) in [5.74, 6) is -0.286. The number of carbonyl (C=O) groups is 2. The van der Waals surface area contributed by atoms with E-state index in [4.69, 9.17) is 5.73 Å². The van der Waals surface area contributed by atoms with Crippen LogP contribution in [0.4, 0.5) is 10.1 Å². The number of nitrogens with zero attached hydrogens (tertiary/aromatic N) is 2. The Kier molecular flexibility index (Phi) is 5.71. The van der Waals surface area contributed by atoms with E-state index in [2.05, 4.69) is 6.92 Å². The molecule has 1 aliphatic carbocycles. The van der Waals surface area contributed by atoms with Gasteiger partial charge < -0.3 is 10.6 Å². The quantitative estimate of drug-likeness (QED) is 0.793. The fourth-order valence-corrected chi connectivity index (χ4v) is 2.62. The van der Waals surface area contributed by atoms with Crippen molar-refractivity contribution in [1.29, 1.82) is 0 Å².